The van der Waals surface area contributed by atoms with Crippen LogP contribution >= 0.6 is 0 Å². The number of hydrogen-bond acceptors (Lipinski definition) is 4. The number of urea groups is 1. The highest BCUT2D eigenvalue weighted by atomic mass is 16.5. The number of ether oxygens (including phenoxy) is 2. The van der Waals surface area contributed by atoms with Gasteiger partial charge in [0, 0.05) is 12.7 Å². The zero-order valence-electron chi connectivity index (χ0n) is 15.8. The van der Waals surface area contributed by atoms with Crippen LogP contribution in [-0.4, -0.2) is 42.4 Å². The Morgan fingerprint density at radius 1 is 1.31 bits per heavy atom. The maximum Gasteiger partial charge on any atom is 0.317 e. The first-order valence-corrected chi connectivity index (χ1v) is 8.82. The third kappa shape index (κ3) is 3.61. The minimum atomic E-state index is -0.158. The molecule has 2 N–H and O–H groups in total. The fourth-order valence-electron chi connectivity index (χ4n) is 3.32. The number of aromatic nitrogens is 2. The molecule has 1 aromatic carbocycles. The maximum atomic E-state index is 12.6. The Kier molecular flexibility index (Phi) is 5.35. The Hall–Kier alpha value is -2.70. The molecule has 0 fully saturated rings. The van der Waals surface area contributed by atoms with Crippen molar-refractivity contribution >= 4 is 6.03 Å². The largest absolute Gasteiger partial charge is 0.493 e. The molecule has 140 valence electrons. The van der Waals surface area contributed by atoms with Gasteiger partial charge in [0.15, 0.2) is 11.5 Å². The van der Waals surface area contributed by atoms with Gasteiger partial charge < -0.3 is 19.7 Å². The number of nitrogens with zero attached hydrogens (tertiary/aromatic N) is 2. The normalized spacial score (nSPS) is 13.8. The molecule has 0 bridgehead atoms. The Labute approximate surface area is 153 Å². The van der Waals surface area contributed by atoms with Crippen LogP contribution in [0.3, 0.4) is 0 Å². The zero-order valence-corrected chi connectivity index (χ0v) is 15.8. The van der Waals surface area contributed by atoms with E-state index in [0.29, 0.717) is 18.0 Å². The summed E-state index contributed by atoms with van der Waals surface area (Å²) < 4.78 is 10.6. The predicted octanol–water partition coefficient (Wildman–Crippen LogP) is 2.82. The second-order valence-corrected chi connectivity index (χ2v) is 6.62. The first-order chi connectivity index (χ1) is 12.5. The molecular weight excluding hydrogens is 332 g/mol. The zero-order chi connectivity index (χ0) is 18.7. The van der Waals surface area contributed by atoms with Gasteiger partial charge in [-0.2, -0.15) is 5.10 Å². The first kappa shape index (κ1) is 18.1. The predicted molar refractivity (Wildman–Crippen MR) is 98.6 cm³/mol. The number of amides is 2. The fourth-order valence-corrected chi connectivity index (χ4v) is 3.32. The van der Waals surface area contributed by atoms with Crippen LogP contribution in [0, 0.1) is 0 Å². The monoisotopic (exact) mass is 358 g/mol. The number of methoxy groups -OCH3 is 2. The summed E-state index contributed by atoms with van der Waals surface area (Å²) in [6, 6.07) is 5.35. The number of H-pyrrole nitrogens is 1. The lowest BCUT2D eigenvalue weighted by molar-refractivity contribution is 0.203. The van der Waals surface area contributed by atoms with Gasteiger partial charge in [-0.1, -0.05) is 6.07 Å². The molecular formula is C19H26N4O3. The van der Waals surface area contributed by atoms with Crippen LogP contribution in [0.2, 0.25) is 0 Å². The average Bonchev–Trinajstić information content (AvgIpc) is 3.26. The van der Waals surface area contributed by atoms with E-state index in [-0.39, 0.29) is 12.1 Å². The number of carbonyl (C=O) groups is 1. The lowest BCUT2D eigenvalue weighted by Gasteiger charge is -2.22. The number of aromatic amines is 1. The van der Waals surface area contributed by atoms with Gasteiger partial charge in [-0.3, -0.25) is 5.10 Å². The van der Waals surface area contributed by atoms with E-state index in [0.717, 1.165) is 30.5 Å². The van der Waals surface area contributed by atoms with Gasteiger partial charge in [0.2, 0.25) is 0 Å². The fraction of sp³-hybridized carbons (Fsp3) is 0.474. The van der Waals surface area contributed by atoms with E-state index in [2.05, 4.69) is 15.5 Å². The molecule has 1 aromatic heterocycles. The summed E-state index contributed by atoms with van der Waals surface area (Å²) in [5.74, 6) is 1.31. The van der Waals surface area contributed by atoms with Crippen molar-refractivity contribution in [3.63, 3.8) is 0 Å². The molecule has 3 rings (SSSR count). The van der Waals surface area contributed by atoms with Crippen molar-refractivity contribution in [3.8, 4) is 11.5 Å². The minimum Gasteiger partial charge on any atom is -0.493 e. The molecule has 7 nitrogen and oxygen atoms in total. The minimum absolute atomic E-state index is 0.137. The van der Waals surface area contributed by atoms with E-state index in [1.807, 2.05) is 25.1 Å². The highest BCUT2D eigenvalue weighted by Gasteiger charge is 2.21. The SMILES string of the molecule is COc1ccc([C@@H](C)NC(=O)N(C)Cc2n[nH]c3c2CCC3)cc1OC. The van der Waals surface area contributed by atoms with Crippen molar-refractivity contribution in [3.05, 3.63) is 40.7 Å². The van der Waals surface area contributed by atoms with E-state index in [9.17, 15) is 4.79 Å². The van der Waals surface area contributed by atoms with E-state index in [1.54, 1.807) is 26.2 Å². The molecule has 1 heterocycles. The average molecular weight is 358 g/mol. The molecule has 0 unspecified atom stereocenters. The molecule has 2 aromatic rings. The number of rotatable bonds is 6. The highest BCUT2D eigenvalue weighted by Crippen LogP contribution is 2.30. The van der Waals surface area contributed by atoms with E-state index in [1.165, 1.54) is 11.3 Å². The Morgan fingerprint density at radius 3 is 2.81 bits per heavy atom. The number of nitrogens with one attached hydrogen (secondary N) is 2. The quantitative estimate of drug-likeness (QED) is 0.832. The molecule has 0 spiro atoms. The number of carbonyl (C=O) groups excluding carboxylic acids is 1. The molecule has 0 aliphatic heterocycles. The van der Waals surface area contributed by atoms with Crippen molar-refractivity contribution in [2.24, 2.45) is 0 Å². The first-order valence-electron chi connectivity index (χ1n) is 8.82. The summed E-state index contributed by atoms with van der Waals surface area (Å²) in [6.45, 7) is 2.44. The van der Waals surface area contributed by atoms with Crippen molar-refractivity contribution in [1.29, 1.82) is 0 Å². The summed E-state index contributed by atoms with van der Waals surface area (Å²) >= 11 is 0. The van der Waals surface area contributed by atoms with Crippen molar-refractivity contribution in [1.82, 2.24) is 20.4 Å². The highest BCUT2D eigenvalue weighted by molar-refractivity contribution is 5.74. The van der Waals surface area contributed by atoms with Crippen LogP contribution in [0.15, 0.2) is 18.2 Å². The molecule has 1 aliphatic carbocycles. The molecule has 0 saturated carbocycles. The van der Waals surface area contributed by atoms with Crippen LogP contribution < -0.4 is 14.8 Å². The Morgan fingerprint density at radius 2 is 2.08 bits per heavy atom. The van der Waals surface area contributed by atoms with Gasteiger partial charge in [-0.05, 0) is 49.4 Å². The van der Waals surface area contributed by atoms with E-state index in [4.69, 9.17) is 9.47 Å². The van der Waals surface area contributed by atoms with Gasteiger partial charge in [0.25, 0.3) is 0 Å². The molecule has 0 radical (unpaired) electrons. The smallest absolute Gasteiger partial charge is 0.317 e. The van der Waals surface area contributed by atoms with Crippen LogP contribution in [0.5, 0.6) is 11.5 Å². The maximum absolute atomic E-state index is 12.6. The molecule has 7 heteroatoms. The molecule has 1 atom stereocenters. The van der Waals surface area contributed by atoms with Gasteiger partial charge in [0.05, 0.1) is 32.5 Å². The van der Waals surface area contributed by atoms with Crippen molar-refractivity contribution < 1.29 is 14.3 Å². The summed E-state index contributed by atoms with van der Waals surface area (Å²) in [5.41, 5.74) is 4.41. The van der Waals surface area contributed by atoms with Crippen LogP contribution in [0.4, 0.5) is 4.79 Å². The van der Waals surface area contributed by atoms with E-state index < -0.39 is 0 Å². The standard InChI is InChI=1S/C19H26N4O3/c1-12(13-8-9-17(25-3)18(10-13)26-4)20-19(24)23(2)11-16-14-6-5-7-15(14)21-22-16/h8-10,12H,5-7,11H2,1-4H3,(H,20,24)(H,21,22)/t12-/m1/s1. The summed E-state index contributed by atoms with van der Waals surface area (Å²) in [6.07, 6.45) is 3.25. The Balaban J connectivity index is 1.63. The third-order valence-corrected chi connectivity index (χ3v) is 4.87. The summed E-state index contributed by atoms with van der Waals surface area (Å²) in [7, 11) is 4.98. The van der Waals surface area contributed by atoms with Gasteiger partial charge in [0.1, 0.15) is 0 Å². The number of benzene rings is 1. The lowest BCUT2D eigenvalue weighted by Crippen LogP contribution is -2.38. The summed E-state index contributed by atoms with van der Waals surface area (Å²) in [4.78, 5) is 14.2. The van der Waals surface area contributed by atoms with Gasteiger partial charge >= 0.3 is 6.03 Å². The lowest BCUT2D eigenvalue weighted by atomic mass is 10.1. The van der Waals surface area contributed by atoms with Crippen molar-refractivity contribution in [2.75, 3.05) is 21.3 Å². The van der Waals surface area contributed by atoms with Crippen LogP contribution in [-0.2, 0) is 19.4 Å². The van der Waals surface area contributed by atoms with Crippen LogP contribution in [0.1, 0.15) is 41.9 Å². The molecule has 0 saturated heterocycles. The second-order valence-electron chi connectivity index (χ2n) is 6.62. The summed E-state index contributed by atoms with van der Waals surface area (Å²) in [5, 5.41) is 10.5. The second kappa shape index (κ2) is 7.68. The van der Waals surface area contributed by atoms with Gasteiger partial charge in [-0.15, -0.1) is 0 Å². The number of fused-ring (bicyclic) bond motifs is 1. The third-order valence-electron chi connectivity index (χ3n) is 4.87. The van der Waals surface area contributed by atoms with Gasteiger partial charge in [-0.25, -0.2) is 4.79 Å². The number of aryl methyl sites for hydroxylation is 1. The Bertz CT molecular complexity index is 787. The topological polar surface area (TPSA) is 79.5 Å². The van der Waals surface area contributed by atoms with Crippen LogP contribution in [0.25, 0.3) is 0 Å². The molecule has 1 aliphatic rings. The molecule has 26 heavy (non-hydrogen) atoms. The number of hydrogen-bond donors (Lipinski definition) is 2. The molecule has 2 amide bonds. The van der Waals surface area contributed by atoms with Crippen molar-refractivity contribution in [2.45, 2.75) is 38.8 Å². The van der Waals surface area contributed by atoms with E-state index >= 15 is 0 Å².